The predicted octanol–water partition coefficient (Wildman–Crippen LogP) is 4.16. The van der Waals surface area contributed by atoms with Crippen molar-refractivity contribution in [3.8, 4) is 0 Å². The van der Waals surface area contributed by atoms with Gasteiger partial charge in [-0.25, -0.2) is 0 Å². The number of carbonyl (C=O) groups excluding carboxylic acids is 1. The van der Waals surface area contributed by atoms with Gasteiger partial charge in [-0.15, -0.1) is 11.3 Å². The number of amides is 1. The molecule has 0 aliphatic carbocycles. The van der Waals surface area contributed by atoms with Crippen molar-refractivity contribution in [3.63, 3.8) is 0 Å². The number of halogens is 1. The van der Waals surface area contributed by atoms with Gasteiger partial charge in [-0.2, -0.15) is 11.3 Å². The summed E-state index contributed by atoms with van der Waals surface area (Å²) in [5.41, 5.74) is 1.25. The maximum Gasteiger partial charge on any atom is 0.222 e. The van der Waals surface area contributed by atoms with E-state index in [0.29, 0.717) is 13.0 Å². The molecule has 0 aromatic carbocycles. The van der Waals surface area contributed by atoms with Crippen molar-refractivity contribution in [2.75, 3.05) is 7.05 Å². The van der Waals surface area contributed by atoms with Crippen LogP contribution >= 0.6 is 38.6 Å². The van der Waals surface area contributed by atoms with Gasteiger partial charge in [0, 0.05) is 18.3 Å². The Morgan fingerprint density at radius 3 is 2.83 bits per heavy atom. The molecule has 0 aliphatic heterocycles. The molecule has 2 aromatic heterocycles. The summed E-state index contributed by atoms with van der Waals surface area (Å²) in [5.74, 6) is 0.200. The fraction of sp³-hybridized carbons (Fsp3) is 0.308. The van der Waals surface area contributed by atoms with Crippen LogP contribution in [0, 0.1) is 0 Å². The minimum absolute atomic E-state index is 0.200. The van der Waals surface area contributed by atoms with Gasteiger partial charge in [-0.05, 0) is 56.9 Å². The average molecular weight is 344 g/mol. The van der Waals surface area contributed by atoms with Gasteiger partial charge in [-0.3, -0.25) is 4.79 Å². The van der Waals surface area contributed by atoms with Crippen molar-refractivity contribution in [1.29, 1.82) is 0 Å². The molecular weight excluding hydrogens is 330 g/mol. The number of rotatable bonds is 5. The van der Waals surface area contributed by atoms with E-state index in [0.717, 1.165) is 10.2 Å². The first-order chi connectivity index (χ1) is 8.65. The van der Waals surface area contributed by atoms with Gasteiger partial charge >= 0.3 is 0 Å². The maximum absolute atomic E-state index is 12.0. The quantitative estimate of drug-likeness (QED) is 0.797. The van der Waals surface area contributed by atoms with E-state index in [1.54, 1.807) is 27.6 Å². The summed E-state index contributed by atoms with van der Waals surface area (Å²) in [4.78, 5) is 15.0. The summed E-state index contributed by atoms with van der Waals surface area (Å²) in [6, 6.07) is 6.15. The van der Waals surface area contributed by atoms with E-state index >= 15 is 0 Å². The second-order valence-electron chi connectivity index (χ2n) is 4.09. The van der Waals surface area contributed by atoms with Crippen LogP contribution in [-0.2, 0) is 17.8 Å². The normalized spacial score (nSPS) is 10.6. The number of hydrogen-bond donors (Lipinski definition) is 0. The van der Waals surface area contributed by atoms with Crippen LogP contribution in [0.5, 0.6) is 0 Å². The number of hydrogen-bond acceptors (Lipinski definition) is 3. The lowest BCUT2D eigenvalue weighted by Gasteiger charge is -2.15. The standard InChI is InChI=1S/C13H14BrNOS2/c1-15(8-11-3-4-12(14)18-11)13(16)5-2-10-6-7-17-9-10/h3-4,6-7,9H,2,5,8H2,1H3. The minimum atomic E-state index is 0.200. The summed E-state index contributed by atoms with van der Waals surface area (Å²) in [6.07, 6.45) is 1.42. The Kier molecular flexibility index (Phi) is 4.97. The molecule has 0 spiro atoms. The molecule has 0 aliphatic rings. The molecule has 0 radical (unpaired) electrons. The van der Waals surface area contributed by atoms with E-state index in [2.05, 4.69) is 33.4 Å². The monoisotopic (exact) mass is 343 g/mol. The molecule has 0 N–H and O–H groups in total. The zero-order chi connectivity index (χ0) is 13.0. The van der Waals surface area contributed by atoms with Crippen molar-refractivity contribution >= 4 is 44.5 Å². The topological polar surface area (TPSA) is 20.3 Å². The SMILES string of the molecule is CN(Cc1ccc(Br)s1)C(=O)CCc1ccsc1. The van der Waals surface area contributed by atoms with Gasteiger partial charge in [0.1, 0.15) is 0 Å². The molecule has 0 fully saturated rings. The molecule has 0 saturated carbocycles. The molecule has 0 saturated heterocycles. The Labute approximate surface area is 123 Å². The van der Waals surface area contributed by atoms with Crippen LogP contribution in [0.1, 0.15) is 16.9 Å². The van der Waals surface area contributed by atoms with E-state index < -0.39 is 0 Å². The highest BCUT2D eigenvalue weighted by molar-refractivity contribution is 9.11. The van der Waals surface area contributed by atoms with Crippen LogP contribution in [0.4, 0.5) is 0 Å². The summed E-state index contributed by atoms with van der Waals surface area (Å²) in [5, 5.41) is 4.15. The minimum Gasteiger partial charge on any atom is -0.341 e. The molecule has 5 heteroatoms. The van der Waals surface area contributed by atoms with Crippen molar-refractivity contribution in [2.45, 2.75) is 19.4 Å². The zero-order valence-electron chi connectivity index (χ0n) is 10.1. The molecule has 0 atom stereocenters. The van der Waals surface area contributed by atoms with Gasteiger partial charge in [0.15, 0.2) is 0 Å². The Balaban J connectivity index is 1.81. The first-order valence-corrected chi connectivity index (χ1v) is 8.19. The van der Waals surface area contributed by atoms with E-state index in [-0.39, 0.29) is 5.91 Å². The van der Waals surface area contributed by atoms with Crippen LogP contribution in [0.15, 0.2) is 32.7 Å². The summed E-state index contributed by atoms with van der Waals surface area (Å²) < 4.78 is 1.11. The van der Waals surface area contributed by atoms with Crippen LogP contribution in [-0.4, -0.2) is 17.9 Å². The average Bonchev–Trinajstić information content (AvgIpc) is 2.97. The number of nitrogens with zero attached hydrogens (tertiary/aromatic N) is 1. The molecular formula is C13H14BrNOS2. The third-order valence-electron chi connectivity index (χ3n) is 2.66. The summed E-state index contributed by atoms with van der Waals surface area (Å²) >= 11 is 6.78. The Morgan fingerprint density at radius 2 is 2.22 bits per heavy atom. The van der Waals surface area contributed by atoms with Gasteiger partial charge < -0.3 is 4.90 Å². The zero-order valence-corrected chi connectivity index (χ0v) is 13.3. The smallest absolute Gasteiger partial charge is 0.222 e. The molecule has 18 heavy (non-hydrogen) atoms. The van der Waals surface area contributed by atoms with Crippen molar-refractivity contribution in [1.82, 2.24) is 4.90 Å². The van der Waals surface area contributed by atoms with Crippen LogP contribution in [0.2, 0.25) is 0 Å². The highest BCUT2D eigenvalue weighted by Gasteiger charge is 2.10. The lowest BCUT2D eigenvalue weighted by molar-refractivity contribution is -0.130. The highest BCUT2D eigenvalue weighted by Crippen LogP contribution is 2.23. The lowest BCUT2D eigenvalue weighted by Crippen LogP contribution is -2.25. The van der Waals surface area contributed by atoms with Gasteiger partial charge in [-0.1, -0.05) is 0 Å². The van der Waals surface area contributed by atoms with E-state index in [1.807, 2.05) is 18.5 Å². The third-order valence-corrected chi connectivity index (χ3v) is 5.00. The van der Waals surface area contributed by atoms with E-state index in [9.17, 15) is 4.79 Å². The Morgan fingerprint density at radius 1 is 1.39 bits per heavy atom. The van der Waals surface area contributed by atoms with Gasteiger partial charge in [0.2, 0.25) is 5.91 Å². The first-order valence-electron chi connectivity index (χ1n) is 5.64. The molecule has 0 bridgehead atoms. The summed E-state index contributed by atoms with van der Waals surface area (Å²) in [6.45, 7) is 0.693. The highest BCUT2D eigenvalue weighted by atomic mass is 79.9. The molecule has 2 nitrogen and oxygen atoms in total. The van der Waals surface area contributed by atoms with E-state index in [4.69, 9.17) is 0 Å². The third kappa shape index (κ3) is 3.93. The largest absolute Gasteiger partial charge is 0.341 e. The second kappa shape index (κ2) is 6.50. The fourth-order valence-electron chi connectivity index (χ4n) is 1.64. The molecule has 2 aromatic rings. The molecule has 96 valence electrons. The number of aryl methyl sites for hydroxylation is 1. The van der Waals surface area contributed by atoms with Crippen LogP contribution < -0.4 is 0 Å². The van der Waals surface area contributed by atoms with Crippen molar-refractivity contribution < 1.29 is 4.79 Å². The first kappa shape index (κ1) is 13.8. The molecule has 2 rings (SSSR count). The van der Waals surface area contributed by atoms with Crippen LogP contribution in [0.3, 0.4) is 0 Å². The molecule has 0 unspecified atom stereocenters. The maximum atomic E-state index is 12.0. The molecule has 2 heterocycles. The fourth-order valence-corrected chi connectivity index (χ4v) is 3.88. The van der Waals surface area contributed by atoms with E-state index in [1.165, 1.54) is 10.4 Å². The number of carbonyl (C=O) groups is 1. The Bertz CT molecular complexity index is 507. The summed E-state index contributed by atoms with van der Waals surface area (Å²) in [7, 11) is 1.86. The van der Waals surface area contributed by atoms with Crippen molar-refractivity contribution in [2.24, 2.45) is 0 Å². The van der Waals surface area contributed by atoms with Gasteiger partial charge in [0.05, 0.1) is 10.3 Å². The number of thiophene rings is 2. The Hall–Kier alpha value is -0.650. The molecule has 1 amide bonds. The van der Waals surface area contributed by atoms with Gasteiger partial charge in [0.25, 0.3) is 0 Å². The van der Waals surface area contributed by atoms with Crippen LogP contribution in [0.25, 0.3) is 0 Å². The van der Waals surface area contributed by atoms with Crippen molar-refractivity contribution in [3.05, 3.63) is 43.2 Å². The predicted molar refractivity (Wildman–Crippen MR) is 81.1 cm³/mol. The lowest BCUT2D eigenvalue weighted by atomic mass is 10.2. The second-order valence-corrected chi connectivity index (χ2v) is 7.41.